The molecule has 1 aromatic carbocycles. The molecule has 1 aromatic rings. The van der Waals surface area contributed by atoms with Gasteiger partial charge in [0, 0.05) is 42.7 Å². The first-order valence-electron chi connectivity index (χ1n) is 11.1. The topological polar surface area (TPSA) is 79.0 Å². The molecule has 0 spiro atoms. The van der Waals surface area contributed by atoms with Gasteiger partial charge >= 0.3 is 0 Å². The molecule has 3 rings (SSSR count). The number of morpholine rings is 1. The Morgan fingerprint density at radius 2 is 1.68 bits per heavy atom. The molecule has 2 saturated heterocycles. The van der Waals surface area contributed by atoms with Crippen LogP contribution in [0.4, 0.5) is 0 Å². The van der Waals surface area contributed by atoms with Crippen LogP contribution in [-0.4, -0.2) is 73.0 Å². The van der Waals surface area contributed by atoms with E-state index >= 15 is 0 Å². The second-order valence-electron chi connectivity index (χ2n) is 8.38. The molecule has 0 aliphatic carbocycles. The van der Waals surface area contributed by atoms with E-state index in [2.05, 4.69) is 5.32 Å². The zero-order chi connectivity index (χ0) is 22.4. The summed E-state index contributed by atoms with van der Waals surface area (Å²) in [7, 11) is 0. The number of halogens is 1. The number of nitrogens with zero attached hydrogens (tertiary/aromatic N) is 2. The standard InChI is InChI=1S/C23H32ClN3O4/c1-3-16(2)20(25-21(28)17-4-6-19(24)7-5-17)23(30)26-10-8-18(9-11-26)22(29)27-12-14-31-15-13-27/h4-7,16,18,20H,3,8-15H2,1-2H3,(H,25,28). The number of hydrogen-bond donors (Lipinski definition) is 1. The molecule has 1 N–H and O–H groups in total. The highest BCUT2D eigenvalue weighted by Crippen LogP contribution is 2.22. The lowest BCUT2D eigenvalue weighted by Gasteiger charge is -2.37. The van der Waals surface area contributed by atoms with Crippen LogP contribution in [0.1, 0.15) is 43.5 Å². The number of benzene rings is 1. The number of carbonyl (C=O) groups excluding carboxylic acids is 3. The first kappa shape index (κ1) is 23.5. The number of amides is 3. The molecule has 0 bridgehead atoms. The second-order valence-corrected chi connectivity index (χ2v) is 8.82. The van der Waals surface area contributed by atoms with Gasteiger partial charge in [0.05, 0.1) is 13.2 Å². The third-order valence-corrected chi connectivity index (χ3v) is 6.60. The molecule has 0 saturated carbocycles. The van der Waals surface area contributed by atoms with E-state index in [-0.39, 0.29) is 29.6 Å². The largest absolute Gasteiger partial charge is 0.378 e. The zero-order valence-electron chi connectivity index (χ0n) is 18.3. The van der Waals surface area contributed by atoms with Crippen LogP contribution in [0.2, 0.25) is 5.02 Å². The minimum absolute atomic E-state index is 0.00328. The minimum Gasteiger partial charge on any atom is -0.378 e. The van der Waals surface area contributed by atoms with Gasteiger partial charge in [-0.2, -0.15) is 0 Å². The molecule has 170 valence electrons. The molecule has 0 aromatic heterocycles. The van der Waals surface area contributed by atoms with Crippen molar-refractivity contribution in [3.8, 4) is 0 Å². The number of likely N-dealkylation sites (tertiary alicyclic amines) is 1. The van der Waals surface area contributed by atoms with Gasteiger partial charge in [-0.1, -0.05) is 31.9 Å². The Morgan fingerprint density at radius 1 is 1.06 bits per heavy atom. The molecule has 0 radical (unpaired) electrons. The maximum atomic E-state index is 13.3. The van der Waals surface area contributed by atoms with Gasteiger partial charge in [0.25, 0.3) is 5.91 Å². The number of piperidine rings is 1. The number of ether oxygens (including phenoxy) is 1. The summed E-state index contributed by atoms with van der Waals surface area (Å²) in [4.78, 5) is 42.4. The molecular formula is C23H32ClN3O4. The van der Waals surface area contributed by atoms with Crippen molar-refractivity contribution in [3.05, 3.63) is 34.9 Å². The smallest absolute Gasteiger partial charge is 0.251 e. The molecular weight excluding hydrogens is 418 g/mol. The molecule has 2 fully saturated rings. The Hall–Kier alpha value is -2.12. The zero-order valence-corrected chi connectivity index (χ0v) is 19.1. The summed E-state index contributed by atoms with van der Waals surface area (Å²) in [6, 6.07) is 6.02. The van der Waals surface area contributed by atoms with E-state index < -0.39 is 6.04 Å². The van der Waals surface area contributed by atoms with Crippen LogP contribution >= 0.6 is 11.6 Å². The Bertz CT molecular complexity index is 772. The highest BCUT2D eigenvalue weighted by atomic mass is 35.5. The van der Waals surface area contributed by atoms with E-state index in [4.69, 9.17) is 16.3 Å². The number of hydrogen-bond acceptors (Lipinski definition) is 4. The van der Waals surface area contributed by atoms with Crippen molar-refractivity contribution in [3.63, 3.8) is 0 Å². The van der Waals surface area contributed by atoms with Crippen molar-refractivity contribution in [2.75, 3.05) is 39.4 Å². The third kappa shape index (κ3) is 5.98. The van der Waals surface area contributed by atoms with Gasteiger partial charge < -0.3 is 19.9 Å². The molecule has 7 nitrogen and oxygen atoms in total. The fraction of sp³-hybridized carbons (Fsp3) is 0.609. The number of carbonyl (C=O) groups is 3. The predicted molar refractivity (Wildman–Crippen MR) is 119 cm³/mol. The quantitative estimate of drug-likeness (QED) is 0.724. The second kappa shape index (κ2) is 11.0. The lowest BCUT2D eigenvalue weighted by atomic mass is 9.92. The fourth-order valence-corrected chi connectivity index (χ4v) is 4.22. The summed E-state index contributed by atoms with van der Waals surface area (Å²) >= 11 is 5.90. The fourth-order valence-electron chi connectivity index (χ4n) is 4.09. The monoisotopic (exact) mass is 449 g/mol. The number of nitrogens with one attached hydrogen (secondary N) is 1. The molecule has 8 heteroatoms. The van der Waals surface area contributed by atoms with E-state index in [0.29, 0.717) is 62.8 Å². The summed E-state index contributed by atoms with van der Waals surface area (Å²) in [5.74, 6) is -0.240. The normalized spacial score (nSPS) is 19.6. The first-order valence-corrected chi connectivity index (χ1v) is 11.5. The van der Waals surface area contributed by atoms with Crippen LogP contribution in [0.5, 0.6) is 0 Å². The predicted octanol–water partition coefficient (Wildman–Crippen LogP) is 2.58. The first-order chi connectivity index (χ1) is 14.9. The van der Waals surface area contributed by atoms with Crippen LogP contribution in [0.3, 0.4) is 0 Å². The van der Waals surface area contributed by atoms with Crippen LogP contribution in [0.15, 0.2) is 24.3 Å². The maximum absolute atomic E-state index is 13.3. The highest BCUT2D eigenvalue weighted by Gasteiger charge is 2.35. The summed E-state index contributed by atoms with van der Waals surface area (Å²) < 4.78 is 5.33. The van der Waals surface area contributed by atoms with Crippen molar-refractivity contribution >= 4 is 29.3 Å². The van der Waals surface area contributed by atoms with Gasteiger partial charge in [0.15, 0.2) is 0 Å². The molecule has 2 aliphatic rings. The molecule has 2 heterocycles. The van der Waals surface area contributed by atoms with Crippen molar-refractivity contribution in [1.82, 2.24) is 15.1 Å². The third-order valence-electron chi connectivity index (χ3n) is 6.35. The summed E-state index contributed by atoms with van der Waals surface area (Å²) in [5.41, 5.74) is 0.473. The van der Waals surface area contributed by atoms with E-state index in [1.807, 2.05) is 18.7 Å². The molecule has 31 heavy (non-hydrogen) atoms. The van der Waals surface area contributed by atoms with Crippen molar-refractivity contribution in [1.29, 1.82) is 0 Å². The van der Waals surface area contributed by atoms with Crippen molar-refractivity contribution in [2.45, 2.75) is 39.2 Å². The Balaban J connectivity index is 1.59. The van der Waals surface area contributed by atoms with Gasteiger partial charge in [-0.15, -0.1) is 0 Å². The molecule has 3 amide bonds. The highest BCUT2D eigenvalue weighted by molar-refractivity contribution is 6.30. The van der Waals surface area contributed by atoms with Crippen LogP contribution < -0.4 is 5.32 Å². The van der Waals surface area contributed by atoms with Crippen LogP contribution in [0.25, 0.3) is 0 Å². The summed E-state index contributed by atoms with van der Waals surface area (Å²) in [6.45, 7) is 7.51. The van der Waals surface area contributed by atoms with E-state index in [9.17, 15) is 14.4 Å². The summed E-state index contributed by atoms with van der Waals surface area (Å²) in [5, 5.41) is 3.48. The Kier molecular flexibility index (Phi) is 8.32. The van der Waals surface area contributed by atoms with Gasteiger partial charge in [-0.25, -0.2) is 0 Å². The molecule has 2 unspecified atom stereocenters. The van der Waals surface area contributed by atoms with Crippen molar-refractivity contribution in [2.24, 2.45) is 11.8 Å². The number of rotatable bonds is 6. The van der Waals surface area contributed by atoms with Crippen LogP contribution in [0, 0.1) is 11.8 Å². The average Bonchev–Trinajstić information content (AvgIpc) is 2.82. The van der Waals surface area contributed by atoms with Crippen LogP contribution in [-0.2, 0) is 14.3 Å². The van der Waals surface area contributed by atoms with Gasteiger partial charge in [-0.3, -0.25) is 14.4 Å². The maximum Gasteiger partial charge on any atom is 0.251 e. The van der Waals surface area contributed by atoms with Gasteiger partial charge in [0.1, 0.15) is 6.04 Å². The Labute approximate surface area is 189 Å². The average molecular weight is 450 g/mol. The minimum atomic E-state index is -0.598. The molecule has 2 aliphatic heterocycles. The van der Waals surface area contributed by atoms with Gasteiger partial charge in [0.2, 0.25) is 11.8 Å². The lowest BCUT2D eigenvalue weighted by molar-refractivity contribution is -0.144. The van der Waals surface area contributed by atoms with E-state index in [1.54, 1.807) is 29.2 Å². The van der Waals surface area contributed by atoms with Crippen molar-refractivity contribution < 1.29 is 19.1 Å². The van der Waals surface area contributed by atoms with E-state index in [0.717, 1.165) is 6.42 Å². The van der Waals surface area contributed by atoms with Gasteiger partial charge in [-0.05, 0) is 43.0 Å². The SMILES string of the molecule is CCC(C)C(NC(=O)c1ccc(Cl)cc1)C(=O)N1CCC(C(=O)N2CCOCC2)CC1. The summed E-state index contributed by atoms with van der Waals surface area (Å²) in [6.07, 6.45) is 2.07. The Morgan fingerprint density at radius 3 is 2.26 bits per heavy atom. The van der Waals surface area contributed by atoms with E-state index in [1.165, 1.54) is 0 Å². The lowest BCUT2D eigenvalue weighted by Crippen LogP contribution is -2.54. The molecule has 2 atom stereocenters.